The Morgan fingerprint density at radius 1 is 1.50 bits per heavy atom. The molecule has 0 spiro atoms. The summed E-state index contributed by atoms with van der Waals surface area (Å²) in [6.07, 6.45) is -0.338. The summed E-state index contributed by atoms with van der Waals surface area (Å²) in [4.78, 5) is 10.6. The predicted octanol–water partition coefficient (Wildman–Crippen LogP) is 1.46. The van der Waals surface area contributed by atoms with Crippen LogP contribution in [0.5, 0.6) is 5.75 Å². The van der Waals surface area contributed by atoms with Crippen LogP contribution in [-0.2, 0) is 16.1 Å². The standard InChI is InChI=1S/C12H16FNO4/c1-17-6-7-3-8(10(14)5-12(15)16)9(13)4-11(7)18-2/h3-4,10H,5-6,14H2,1-2H3,(H,15,16). The summed E-state index contributed by atoms with van der Waals surface area (Å²) in [6.45, 7) is 0.232. The fourth-order valence-corrected chi connectivity index (χ4v) is 1.66. The Labute approximate surface area is 104 Å². The lowest BCUT2D eigenvalue weighted by Gasteiger charge is -2.15. The number of ether oxygens (including phenoxy) is 2. The largest absolute Gasteiger partial charge is 0.496 e. The fraction of sp³-hybridized carbons (Fsp3) is 0.417. The number of aliphatic carboxylic acids is 1. The molecule has 18 heavy (non-hydrogen) atoms. The van der Waals surface area contributed by atoms with Gasteiger partial charge in [0.1, 0.15) is 11.6 Å². The van der Waals surface area contributed by atoms with Gasteiger partial charge in [0.05, 0.1) is 20.1 Å². The number of carboxylic acid groups (broad SMARTS) is 1. The zero-order valence-corrected chi connectivity index (χ0v) is 10.3. The molecular formula is C12H16FNO4. The number of halogens is 1. The van der Waals surface area contributed by atoms with Crippen LogP contribution in [0.25, 0.3) is 0 Å². The molecule has 0 fully saturated rings. The molecule has 0 saturated carbocycles. The van der Waals surface area contributed by atoms with E-state index in [0.29, 0.717) is 11.3 Å². The van der Waals surface area contributed by atoms with Crippen LogP contribution < -0.4 is 10.5 Å². The number of rotatable bonds is 6. The number of nitrogens with two attached hydrogens (primary N) is 1. The van der Waals surface area contributed by atoms with Crippen LogP contribution in [0.3, 0.4) is 0 Å². The summed E-state index contributed by atoms with van der Waals surface area (Å²) in [6, 6.07) is 1.76. The lowest BCUT2D eigenvalue weighted by molar-refractivity contribution is -0.137. The van der Waals surface area contributed by atoms with Crippen molar-refractivity contribution in [2.24, 2.45) is 5.73 Å². The van der Waals surface area contributed by atoms with Gasteiger partial charge in [-0.2, -0.15) is 0 Å². The Morgan fingerprint density at radius 2 is 2.17 bits per heavy atom. The van der Waals surface area contributed by atoms with Crippen molar-refractivity contribution in [2.45, 2.75) is 19.1 Å². The molecule has 0 radical (unpaired) electrons. The zero-order chi connectivity index (χ0) is 13.7. The number of hydrogen-bond donors (Lipinski definition) is 2. The molecule has 0 bridgehead atoms. The van der Waals surface area contributed by atoms with Gasteiger partial charge in [-0.05, 0) is 6.07 Å². The molecule has 1 unspecified atom stereocenters. The van der Waals surface area contributed by atoms with Gasteiger partial charge in [0.2, 0.25) is 0 Å². The normalized spacial score (nSPS) is 12.2. The highest BCUT2D eigenvalue weighted by Crippen LogP contribution is 2.27. The summed E-state index contributed by atoms with van der Waals surface area (Å²) in [7, 11) is 2.92. The molecule has 0 aliphatic rings. The van der Waals surface area contributed by atoms with Crippen molar-refractivity contribution < 1.29 is 23.8 Å². The second kappa shape index (κ2) is 6.32. The average Bonchev–Trinajstić information content (AvgIpc) is 2.30. The van der Waals surface area contributed by atoms with E-state index in [1.54, 1.807) is 0 Å². The fourth-order valence-electron chi connectivity index (χ4n) is 1.66. The first kappa shape index (κ1) is 14.4. The van der Waals surface area contributed by atoms with Crippen molar-refractivity contribution in [3.8, 4) is 5.75 Å². The third-order valence-electron chi connectivity index (χ3n) is 2.49. The first-order valence-corrected chi connectivity index (χ1v) is 5.32. The molecule has 1 aromatic rings. The molecule has 0 aliphatic heterocycles. The maximum atomic E-state index is 13.8. The minimum Gasteiger partial charge on any atom is -0.496 e. The second-order valence-corrected chi connectivity index (χ2v) is 3.82. The van der Waals surface area contributed by atoms with Gasteiger partial charge < -0.3 is 20.3 Å². The Bertz CT molecular complexity index is 436. The molecule has 6 heteroatoms. The highest BCUT2D eigenvalue weighted by atomic mass is 19.1. The number of methoxy groups -OCH3 is 2. The lowest BCUT2D eigenvalue weighted by atomic mass is 10.0. The van der Waals surface area contributed by atoms with Gasteiger partial charge in [-0.3, -0.25) is 4.79 Å². The minimum absolute atomic E-state index is 0.144. The molecule has 1 rings (SSSR count). The van der Waals surface area contributed by atoms with E-state index in [4.69, 9.17) is 20.3 Å². The molecule has 0 amide bonds. The number of carbonyl (C=O) groups is 1. The number of carboxylic acids is 1. The molecule has 1 aromatic carbocycles. The minimum atomic E-state index is -1.08. The highest BCUT2D eigenvalue weighted by Gasteiger charge is 2.18. The van der Waals surface area contributed by atoms with E-state index in [1.165, 1.54) is 26.4 Å². The van der Waals surface area contributed by atoms with Crippen LogP contribution in [0, 0.1) is 5.82 Å². The Hall–Kier alpha value is -1.66. The van der Waals surface area contributed by atoms with Gasteiger partial charge >= 0.3 is 5.97 Å². The van der Waals surface area contributed by atoms with Gasteiger partial charge in [0, 0.05) is 30.3 Å². The molecule has 0 saturated heterocycles. The number of benzene rings is 1. The van der Waals surface area contributed by atoms with Crippen LogP contribution in [0.2, 0.25) is 0 Å². The molecule has 0 heterocycles. The molecule has 0 aliphatic carbocycles. The second-order valence-electron chi connectivity index (χ2n) is 3.82. The SMILES string of the molecule is COCc1cc(C(N)CC(=O)O)c(F)cc1OC. The van der Waals surface area contributed by atoms with Crippen LogP contribution >= 0.6 is 0 Å². The Balaban J connectivity index is 3.11. The summed E-state index contributed by atoms with van der Waals surface area (Å²) >= 11 is 0. The third-order valence-corrected chi connectivity index (χ3v) is 2.49. The van der Waals surface area contributed by atoms with Gasteiger partial charge in [-0.25, -0.2) is 4.39 Å². The van der Waals surface area contributed by atoms with Gasteiger partial charge in [0.15, 0.2) is 0 Å². The van der Waals surface area contributed by atoms with Crippen molar-refractivity contribution in [1.29, 1.82) is 0 Å². The molecule has 100 valence electrons. The summed E-state index contributed by atoms with van der Waals surface area (Å²) in [5.41, 5.74) is 6.42. The number of hydrogen-bond acceptors (Lipinski definition) is 4. The van der Waals surface area contributed by atoms with Crippen molar-refractivity contribution in [1.82, 2.24) is 0 Å². The molecule has 3 N–H and O–H groups in total. The zero-order valence-electron chi connectivity index (χ0n) is 10.3. The summed E-state index contributed by atoms with van der Waals surface area (Å²) < 4.78 is 23.7. The lowest BCUT2D eigenvalue weighted by Crippen LogP contribution is -2.17. The van der Waals surface area contributed by atoms with E-state index >= 15 is 0 Å². The van der Waals surface area contributed by atoms with E-state index in [1.807, 2.05) is 0 Å². The van der Waals surface area contributed by atoms with Crippen LogP contribution in [0.1, 0.15) is 23.6 Å². The van der Waals surface area contributed by atoms with Crippen molar-refractivity contribution >= 4 is 5.97 Å². The Kier molecular flexibility index (Phi) is 5.06. The highest BCUT2D eigenvalue weighted by molar-refractivity contribution is 5.68. The third kappa shape index (κ3) is 3.41. The van der Waals surface area contributed by atoms with Gasteiger partial charge in [-0.15, -0.1) is 0 Å². The maximum absolute atomic E-state index is 13.8. The predicted molar refractivity (Wildman–Crippen MR) is 62.8 cm³/mol. The van der Waals surface area contributed by atoms with Crippen molar-refractivity contribution in [3.05, 3.63) is 29.1 Å². The first-order valence-electron chi connectivity index (χ1n) is 5.32. The van der Waals surface area contributed by atoms with Crippen LogP contribution in [-0.4, -0.2) is 25.3 Å². The van der Waals surface area contributed by atoms with E-state index in [0.717, 1.165) is 0 Å². The molecular weight excluding hydrogens is 241 g/mol. The van der Waals surface area contributed by atoms with Crippen LogP contribution in [0.15, 0.2) is 12.1 Å². The first-order chi connectivity index (χ1) is 8.49. The van der Waals surface area contributed by atoms with Crippen molar-refractivity contribution in [3.63, 3.8) is 0 Å². The molecule has 0 aromatic heterocycles. The topological polar surface area (TPSA) is 81.8 Å². The van der Waals surface area contributed by atoms with E-state index in [2.05, 4.69) is 0 Å². The van der Waals surface area contributed by atoms with Gasteiger partial charge in [-0.1, -0.05) is 0 Å². The smallest absolute Gasteiger partial charge is 0.305 e. The summed E-state index contributed by atoms with van der Waals surface area (Å²) in [5.74, 6) is -1.31. The van der Waals surface area contributed by atoms with E-state index < -0.39 is 17.8 Å². The monoisotopic (exact) mass is 257 g/mol. The summed E-state index contributed by atoms with van der Waals surface area (Å²) in [5, 5.41) is 8.66. The quantitative estimate of drug-likeness (QED) is 0.806. The van der Waals surface area contributed by atoms with E-state index in [9.17, 15) is 9.18 Å². The van der Waals surface area contributed by atoms with E-state index in [-0.39, 0.29) is 18.6 Å². The average molecular weight is 257 g/mol. The van der Waals surface area contributed by atoms with Crippen molar-refractivity contribution in [2.75, 3.05) is 14.2 Å². The van der Waals surface area contributed by atoms with Gasteiger partial charge in [0.25, 0.3) is 0 Å². The Morgan fingerprint density at radius 3 is 2.67 bits per heavy atom. The maximum Gasteiger partial charge on any atom is 0.305 e. The van der Waals surface area contributed by atoms with Crippen LogP contribution in [0.4, 0.5) is 4.39 Å². The molecule has 5 nitrogen and oxygen atoms in total. The molecule has 1 atom stereocenters.